The minimum Gasteiger partial charge on any atom is -0.383 e. The van der Waals surface area contributed by atoms with Gasteiger partial charge in [-0.25, -0.2) is 13.8 Å². The average molecular weight is 293 g/mol. The summed E-state index contributed by atoms with van der Waals surface area (Å²) in [4.78, 5) is 4.49. The Hall–Kier alpha value is -1.91. The van der Waals surface area contributed by atoms with Crippen molar-refractivity contribution in [2.45, 2.75) is 40.2 Å². The molecular formula is C16H21F2N3. The Morgan fingerprint density at radius 1 is 1.29 bits per heavy atom. The molecule has 1 heterocycles. The molecule has 0 spiro atoms. The van der Waals surface area contributed by atoms with Crippen molar-refractivity contribution >= 4 is 5.82 Å². The van der Waals surface area contributed by atoms with Gasteiger partial charge < -0.3 is 10.3 Å². The average Bonchev–Trinajstić information content (AvgIpc) is 2.68. The molecule has 0 saturated carbocycles. The summed E-state index contributed by atoms with van der Waals surface area (Å²) < 4.78 is 28.9. The molecule has 2 aromatic rings. The minimum atomic E-state index is -0.640. The van der Waals surface area contributed by atoms with Crippen molar-refractivity contribution in [3.8, 4) is 11.3 Å². The van der Waals surface area contributed by atoms with Gasteiger partial charge in [-0.15, -0.1) is 0 Å². The molecule has 0 radical (unpaired) electrons. The van der Waals surface area contributed by atoms with E-state index in [1.165, 1.54) is 12.1 Å². The maximum absolute atomic E-state index is 14.0. The lowest BCUT2D eigenvalue weighted by atomic mass is 10.1. The molecule has 0 aliphatic rings. The zero-order valence-corrected chi connectivity index (χ0v) is 12.7. The lowest BCUT2D eigenvalue weighted by Crippen LogP contribution is -2.11. The van der Waals surface area contributed by atoms with Crippen LogP contribution in [0.1, 0.15) is 33.0 Å². The fourth-order valence-corrected chi connectivity index (χ4v) is 2.38. The molecule has 21 heavy (non-hydrogen) atoms. The molecule has 0 bridgehead atoms. The number of rotatable bonds is 5. The number of anilines is 1. The van der Waals surface area contributed by atoms with E-state index >= 15 is 0 Å². The minimum absolute atomic E-state index is 0.244. The summed E-state index contributed by atoms with van der Waals surface area (Å²) in [7, 11) is 0. The summed E-state index contributed by atoms with van der Waals surface area (Å²) in [6, 6.07) is 3.47. The van der Waals surface area contributed by atoms with E-state index < -0.39 is 11.6 Å². The van der Waals surface area contributed by atoms with Crippen LogP contribution in [0.4, 0.5) is 14.6 Å². The molecule has 1 aromatic carbocycles. The molecule has 3 nitrogen and oxygen atoms in total. The third kappa shape index (κ3) is 3.23. The fourth-order valence-electron chi connectivity index (χ4n) is 2.38. The summed E-state index contributed by atoms with van der Waals surface area (Å²) in [5.41, 5.74) is 6.81. The van der Waals surface area contributed by atoms with E-state index in [2.05, 4.69) is 25.8 Å². The van der Waals surface area contributed by atoms with Gasteiger partial charge in [-0.1, -0.05) is 20.8 Å². The number of aryl methyl sites for hydroxylation is 1. The molecule has 5 heteroatoms. The van der Waals surface area contributed by atoms with Crippen LogP contribution in [0.25, 0.3) is 11.3 Å². The van der Waals surface area contributed by atoms with Crippen LogP contribution in [0, 0.1) is 17.6 Å². The van der Waals surface area contributed by atoms with Gasteiger partial charge in [-0.2, -0.15) is 0 Å². The summed E-state index contributed by atoms with van der Waals surface area (Å²) in [5, 5.41) is 0. The van der Waals surface area contributed by atoms with Crippen LogP contribution in [-0.4, -0.2) is 9.55 Å². The van der Waals surface area contributed by atoms with Crippen molar-refractivity contribution in [3.63, 3.8) is 0 Å². The molecule has 2 N–H and O–H groups in total. The van der Waals surface area contributed by atoms with Gasteiger partial charge in [0.15, 0.2) is 0 Å². The van der Waals surface area contributed by atoms with Crippen molar-refractivity contribution in [2.24, 2.45) is 5.92 Å². The summed E-state index contributed by atoms with van der Waals surface area (Å²) in [5.74, 6) is 0.451. The summed E-state index contributed by atoms with van der Waals surface area (Å²) in [6.07, 6.45) is 1.71. The van der Waals surface area contributed by atoms with Crippen LogP contribution in [0.15, 0.2) is 18.2 Å². The lowest BCUT2D eigenvalue weighted by Gasteiger charge is -2.12. The second kappa shape index (κ2) is 6.24. The number of hydrogen-bond donors (Lipinski definition) is 1. The Bertz CT molecular complexity index is 633. The first-order valence-corrected chi connectivity index (χ1v) is 7.24. The van der Waals surface area contributed by atoms with E-state index in [0.717, 1.165) is 31.3 Å². The first-order valence-electron chi connectivity index (χ1n) is 7.24. The van der Waals surface area contributed by atoms with Crippen molar-refractivity contribution < 1.29 is 8.78 Å². The second-order valence-electron chi connectivity index (χ2n) is 5.64. The maximum atomic E-state index is 14.0. The summed E-state index contributed by atoms with van der Waals surface area (Å²) in [6.45, 7) is 6.97. The van der Waals surface area contributed by atoms with Crippen LogP contribution in [0.2, 0.25) is 0 Å². The summed E-state index contributed by atoms with van der Waals surface area (Å²) >= 11 is 0. The third-order valence-electron chi connectivity index (χ3n) is 3.29. The predicted molar refractivity (Wildman–Crippen MR) is 80.8 cm³/mol. The SMILES string of the molecule is CCCc1nc(-c2ccc(F)cc2F)c(N)n1CC(C)C. The number of aromatic nitrogens is 2. The van der Waals surface area contributed by atoms with E-state index in [-0.39, 0.29) is 5.56 Å². The quantitative estimate of drug-likeness (QED) is 0.905. The molecule has 0 unspecified atom stereocenters. The Balaban J connectivity index is 2.53. The largest absolute Gasteiger partial charge is 0.383 e. The topological polar surface area (TPSA) is 43.8 Å². The molecule has 0 saturated heterocycles. The Morgan fingerprint density at radius 3 is 2.57 bits per heavy atom. The van der Waals surface area contributed by atoms with Gasteiger partial charge in [0.1, 0.15) is 29.0 Å². The lowest BCUT2D eigenvalue weighted by molar-refractivity contribution is 0.510. The third-order valence-corrected chi connectivity index (χ3v) is 3.29. The van der Waals surface area contributed by atoms with Crippen LogP contribution < -0.4 is 5.73 Å². The van der Waals surface area contributed by atoms with Gasteiger partial charge in [-0.05, 0) is 24.5 Å². The van der Waals surface area contributed by atoms with Gasteiger partial charge in [0.2, 0.25) is 0 Å². The smallest absolute Gasteiger partial charge is 0.135 e. The fraction of sp³-hybridized carbons (Fsp3) is 0.438. The van der Waals surface area contributed by atoms with E-state index in [1.54, 1.807) is 0 Å². The molecule has 0 aliphatic carbocycles. The molecule has 0 atom stereocenters. The first-order chi connectivity index (χ1) is 9.93. The Labute approximate surface area is 123 Å². The molecule has 0 fully saturated rings. The number of nitrogens with zero attached hydrogens (tertiary/aromatic N) is 2. The zero-order valence-electron chi connectivity index (χ0n) is 12.7. The number of nitrogen functional groups attached to an aromatic ring is 1. The first kappa shape index (κ1) is 15.5. The van der Waals surface area contributed by atoms with Crippen molar-refractivity contribution in [1.29, 1.82) is 0 Å². The highest BCUT2D eigenvalue weighted by Crippen LogP contribution is 2.30. The van der Waals surface area contributed by atoms with Gasteiger partial charge in [0.25, 0.3) is 0 Å². The standard InChI is InChI=1S/C16H21F2N3/c1-4-5-14-20-15(16(19)21(14)9-10(2)3)12-7-6-11(17)8-13(12)18/h6-8,10H,4-5,9,19H2,1-3H3. The van der Waals surface area contributed by atoms with Crippen molar-refractivity contribution in [1.82, 2.24) is 9.55 Å². The van der Waals surface area contributed by atoms with E-state index in [9.17, 15) is 8.78 Å². The van der Waals surface area contributed by atoms with Crippen LogP contribution in [0.5, 0.6) is 0 Å². The van der Waals surface area contributed by atoms with Gasteiger partial charge in [0, 0.05) is 24.6 Å². The monoisotopic (exact) mass is 293 g/mol. The second-order valence-corrected chi connectivity index (χ2v) is 5.64. The predicted octanol–water partition coefficient (Wildman–Crippen LogP) is 4.02. The molecular weight excluding hydrogens is 272 g/mol. The highest BCUT2D eigenvalue weighted by molar-refractivity contribution is 5.71. The van der Waals surface area contributed by atoms with E-state index in [1.807, 2.05) is 4.57 Å². The van der Waals surface area contributed by atoms with Gasteiger partial charge in [0.05, 0.1) is 0 Å². The molecule has 2 rings (SSSR count). The normalized spacial score (nSPS) is 11.3. The Kier molecular flexibility index (Phi) is 4.60. The Morgan fingerprint density at radius 2 is 2.00 bits per heavy atom. The molecule has 0 amide bonds. The maximum Gasteiger partial charge on any atom is 0.135 e. The molecule has 114 valence electrons. The molecule has 1 aromatic heterocycles. The number of benzene rings is 1. The van der Waals surface area contributed by atoms with Crippen LogP contribution >= 0.6 is 0 Å². The zero-order chi connectivity index (χ0) is 15.6. The van der Waals surface area contributed by atoms with Crippen LogP contribution in [0.3, 0.4) is 0 Å². The highest BCUT2D eigenvalue weighted by Gasteiger charge is 2.19. The van der Waals surface area contributed by atoms with E-state index in [4.69, 9.17) is 5.73 Å². The number of imidazole rings is 1. The number of nitrogens with two attached hydrogens (primary N) is 1. The number of hydrogen-bond acceptors (Lipinski definition) is 2. The van der Waals surface area contributed by atoms with Gasteiger partial charge >= 0.3 is 0 Å². The van der Waals surface area contributed by atoms with Crippen molar-refractivity contribution in [2.75, 3.05) is 5.73 Å². The molecule has 0 aliphatic heterocycles. The van der Waals surface area contributed by atoms with Crippen LogP contribution in [-0.2, 0) is 13.0 Å². The van der Waals surface area contributed by atoms with Gasteiger partial charge in [-0.3, -0.25) is 0 Å². The highest BCUT2D eigenvalue weighted by atomic mass is 19.1. The number of halogens is 2. The van der Waals surface area contributed by atoms with Crippen molar-refractivity contribution in [3.05, 3.63) is 35.7 Å². The van der Waals surface area contributed by atoms with E-state index in [0.29, 0.717) is 17.4 Å².